The molecule has 0 amide bonds. The van der Waals surface area contributed by atoms with Gasteiger partial charge in [-0.05, 0) is 21.2 Å². The van der Waals surface area contributed by atoms with Crippen molar-refractivity contribution in [2.24, 2.45) is 0 Å². The molecule has 0 aromatic heterocycles. The first-order valence-corrected chi connectivity index (χ1v) is 12.1. The number of rotatable bonds is 4. The fraction of sp³-hybridized carbons (Fsp3) is 0.111. The Balaban J connectivity index is 0.000000258. The Morgan fingerprint density at radius 1 is 0.400 bits per heavy atom. The third kappa shape index (κ3) is 11.6. The molecule has 158 valence electrons. The van der Waals surface area contributed by atoms with Gasteiger partial charge in [-0.3, -0.25) is 0 Å². The summed E-state index contributed by atoms with van der Waals surface area (Å²) >= 11 is 0. The quantitative estimate of drug-likeness (QED) is 0.226. The van der Waals surface area contributed by atoms with Gasteiger partial charge in [-0.2, -0.15) is 0 Å². The Labute approximate surface area is 199 Å². The Hall–Kier alpha value is -1.60. The van der Waals surface area contributed by atoms with E-state index in [2.05, 4.69) is 135 Å². The monoisotopic (exact) mass is 522 g/mol. The third-order valence-electron chi connectivity index (χ3n) is 3.67. The fourth-order valence-corrected chi connectivity index (χ4v) is 4.52. The maximum absolute atomic E-state index is 2.17. The largest absolute Gasteiger partial charge is 0.0656 e. The van der Waals surface area contributed by atoms with Crippen LogP contribution in [-0.4, -0.2) is 0 Å². The zero-order chi connectivity index (χ0) is 20.6. The molecular formula is C27H30P2Pd. The molecule has 4 rings (SSSR count). The smallest absolute Gasteiger partial charge is 0 e. The molecule has 0 heterocycles. The van der Waals surface area contributed by atoms with Crippen LogP contribution in [0.3, 0.4) is 0 Å². The molecule has 0 radical (unpaired) electrons. The molecule has 0 unspecified atom stereocenters. The molecule has 0 bridgehead atoms. The summed E-state index contributed by atoms with van der Waals surface area (Å²) in [5, 5.41) is 5.59. The molecule has 0 aliphatic rings. The van der Waals surface area contributed by atoms with E-state index in [1.807, 2.05) is 0 Å². The van der Waals surface area contributed by atoms with Crippen molar-refractivity contribution in [3.8, 4) is 0 Å². The molecule has 4 aromatic rings. The van der Waals surface area contributed by atoms with Gasteiger partial charge in [0.2, 0.25) is 0 Å². The molecule has 0 N–H and O–H groups in total. The third-order valence-corrected chi connectivity index (χ3v) is 6.16. The van der Waals surface area contributed by atoms with Crippen LogP contribution >= 0.6 is 17.2 Å². The van der Waals surface area contributed by atoms with E-state index in [-0.39, 0.29) is 20.4 Å². The fourth-order valence-electron chi connectivity index (χ4n) is 2.42. The summed E-state index contributed by atoms with van der Waals surface area (Å²) in [7, 11) is 1.55. The maximum atomic E-state index is 2.17. The Morgan fingerprint density at radius 2 is 0.567 bits per heavy atom. The molecule has 0 aliphatic carbocycles. The molecule has 30 heavy (non-hydrogen) atoms. The number of hydrogen-bond donors (Lipinski definition) is 0. The van der Waals surface area contributed by atoms with E-state index in [0.29, 0.717) is 0 Å². The van der Waals surface area contributed by atoms with Gasteiger partial charge < -0.3 is 0 Å². The van der Waals surface area contributed by atoms with Crippen molar-refractivity contribution in [2.75, 3.05) is 0 Å². The van der Waals surface area contributed by atoms with E-state index in [9.17, 15) is 0 Å². The second-order valence-electron chi connectivity index (χ2n) is 6.42. The minimum atomic E-state index is 0. The first-order chi connectivity index (χ1) is 14.3. The summed E-state index contributed by atoms with van der Waals surface area (Å²) in [6, 6.07) is 42.3. The van der Waals surface area contributed by atoms with Crippen LogP contribution in [0, 0.1) is 0 Å². The predicted molar refractivity (Wildman–Crippen MR) is 137 cm³/mol. The van der Waals surface area contributed by atoms with Crippen LogP contribution in [0.1, 0.15) is 20.3 Å². The van der Waals surface area contributed by atoms with Crippen LogP contribution in [0.4, 0.5) is 0 Å². The number of hydrogen-bond acceptors (Lipinski definition) is 0. The summed E-state index contributed by atoms with van der Waals surface area (Å²) in [6.07, 6.45) is 1.25. The van der Waals surface area contributed by atoms with Gasteiger partial charge >= 0.3 is 0 Å². The minimum absolute atomic E-state index is 0. The van der Waals surface area contributed by atoms with E-state index in [1.165, 1.54) is 27.6 Å². The maximum Gasteiger partial charge on any atom is 0 e. The summed E-state index contributed by atoms with van der Waals surface area (Å²) in [5.41, 5.74) is 0. The minimum Gasteiger partial charge on any atom is -0.0656 e. The predicted octanol–water partition coefficient (Wildman–Crippen LogP) is 6.05. The SMILES string of the molecule is CCC.[Pd].c1ccc(Pc2ccccc2)cc1.c1ccc(Pc2ccccc2)cc1. The van der Waals surface area contributed by atoms with Gasteiger partial charge in [0.1, 0.15) is 0 Å². The van der Waals surface area contributed by atoms with Crippen molar-refractivity contribution in [1.82, 2.24) is 0 Å². The van der Waals surface area contributed by atoms with Crippen molar-refractivity contribution >= 4 is 38.4 Å². The van der Waals surface area contributed by atoms with Crippen molar-refractivity contribution in [2.45, 2.75) is 20.3 Å². The molecule has 0 saturated carbocycles. The summed E-state index contributed by atoms with van der Waals surface area (Å²) in [6.45, 7) is 4.25. The number of benzene rings is 4. The first-order valence-electron chi connectivity index (χ1n) is 10.1. The normalized spacial score (nSPS) is 9.13. The zero-order valence-corrected chi connectivity index (χ0v) is 21.1. The molecule has 0 nitrogen and oxygen atoms in total. The van der Waals surface area contributed by atoms with Gasteiger partial charge in [-0.15, -0.1) is 0 Å². The summed E-state index contributed by atoms with van der Waals surface area (Å²) in [4.78, 5) is 0. The average molecular weight is 523 g/mol. The standard InChI is InChI=1S/2C12H11P.C3H8.Pd/c2*1-3-7-11(8-4-1)13-12-9-5-2-6-10-12;1-3-2;/h2*1-10,13H;3H2,1-2H3;. The van der Waals surface area contributed by atoms with Crippen LogP contribution in [-0.2, 0) is 20.4 Å². The Bertz CT molecular complexity index is 731. The van der Waals surface area contributed by atoms with Crippen molar-refractivity contribution in [3.05, 3.63) is 121 Å². The molecule has 0 fully saturated rings. The summed E-state index contributed by atoms with van der Waals surface area (Å²) < 4.78 is 0. The average Bonchev–Trinajstić information content (AvgIpc) is 2.78. The molecule has 3 heteroatoms. The molecular weight excluding hydrogens is 493 g/mol. The molecule has 0 atom stereocenters. The molecule has 0 spiro atoms. The van der Waals surface area contributed by atoms with Crippen LogP contribution in [0.2, 0.25) is 0 Å². The Kier molecular flexibility index (Phi) is 15.1. The Morgan fingerprint density at radius 3 is 0.733 bits per heavy atom. The van der Waals surface area contributed by atoms with Gasteiger partial charge in [-0.25, -0.2) is 0 Å². The van der Waals surface area contributed by atoms with Crippen molar-refractivity contribution in [3.63, 3.8) is 0 Å². The van der Waals surface area contributed by atoms with E-state index >= 15 is 0 Å². The molecule has 0 saturated heterocycles. The van der Waals surface area contributed by atoms with Gasteiger partial charge in [0.15, 0.2) is 0 Å². The summed E-state index contributed by atoms with van der Waals surface area (Å²) in [5.74, 6) is 0. The molecule has 4 aromatic carbocycles. The van der Waals surface area contributed by atoms with Crippen LogP contribution in [0.25, 0.3) is 0 Å². The van der Waals surface area contributed by atoms with Gasteiger partial charge in [-0.1, -0.05) is 159 Å². The van der Waals surface area contributed by atoms with Gasteiger partial charge in [0.05, 0.1) is 0 Å². The van der Waals surface area contributed by atoms with E-state index < -0.39 is 0 Å². The second kappa shape index (κ2) is 17.1. The topological polar surface area (TPSA) is 0 Å². The second-order valence-corrected chi connectivity index (χ2v) is 9.23. The van der Waals surface area contributed by atoms with Gasteiger partial charge in [0.25, 0.3) is 0 Å². The van der Waals surface area contributed by atoms with Crippen molar-refractivity contribution < 1.29 is 20.4 Å². The first kappa shape index (κ1) is 26.4. The zero-order valence-electron chi connectivity index (χ0n) is 17.6. The van der Waals surface area contributed by atoms with Crippen molar-refractivity contribution in [1.29, 1.82) is 0 Å². The van der Waals surface area contributed by atoms with Crippen LogP contribution < -0.4 is 21.2 Å². The van der Waals surface area contributed by atoms with Gasteiger partial charge in [0, 0.05) is 20.4 Å². The van der Waals surface area contributed by atoms with E-state index in [0.717, 1.165) is 17.2 Å². The van der Waals surface area contributed by atoms with E-state index in [4.69, 9.17) is 0 Å². The van der Waals surface area contributed by atoms with Crippen LogP contribution in [0.15, 0.2) is 121 Å². The van der Waals surface area contributed by atoms with E-state index in [1.54, 1.807) is 0 Å². The molecule has 0 aliphatic heterocycles. The van der Waals surface area contributed by atoms with Crippen LogP contribution in [0.5, 0.6) is 0 Å².